The van der Waals surface area contributed by atoms with E-state index in [2.05, 4.69) is 66.3 Å². The predicted octanol–water partition coefficient (Wildman–Crippen LogP) is 3.51. The van der Waals surface area contributed by atoms with E-state index in [1.807, 2.05) is 11.6 Å². The molecule has 1 heterocycles. The molecule has 0 bridgehead atoms. The number of aromatic nitrogens is 3. The molecule has 0 spiro atoms. The number of hydrogen-bond acceptors (Lipinski definition) is 4. The quantitative estimate of drug-likeness (QED) is 0.748. The number of benzene rings is 1. The van der Waals surface area contributed by atoms with Crippen molar-refractivity contribution in [3.8, 4) is 5.75 Å². The number of nitrogens with one attached hydrogen (secondary N) is 1. The van der Waals surface area contributed by atoms with E-state index in [0.29, 0.717) is 6.61 Å². The summed E-state index contributed by atoms with van der Waals surface area (Å²) in [5.41, 5.74) is 1.19. The van der Waals surface area contributed by atoms with Gasteiger partial charge in [-0.15, -0.1) is 0 Å². The van der Waals surface area contributed by atoms with Crippen molar-refractivity contribution in [1.82, 2.24) is 20.1 Å². The van der Waals surface area contributed by atoms with Crippen molar-refractivity contribution < 1.29 is 4.74 Å². The van der Waals surface area contributed by atoms with Gasteiger partial charge in [0.1, 0.15) is 18.7 Å². The molecule has 0 atom stereocenters. The predicted molar refractivity (Wildman–Crippen MR) is 89.3 cm³/mol. The molecule has 1 N–H and O–H groups in total. The molecule has 1 aromatic carbocycles. The molecule has 5 nitrogen and oxygen atoms in total. The minimum atomic E-state index is 0.387. The minimum Gasteiger partial charge on any atom is -0.483 e. The molecule has 1 aromatic heterocycles. The lowest BCUT2D eigenvalue weighted by molar-refractivity contribution is 0.283. The number of rotatable bonds is 7. The standard InChI is InChI=1S/C14H18Br2N4O/c1-3-17-7-10-5-11(15)14(12(16)6-10)21-8-13-18-9-19-20(13)4-2/h5-6,9,17H,3-4,7-8H2,1-2H3. The summed E-state index contributed by atoms with van der Waals surface area (Å²) in [6, 6.07) is 4.13. The van der Waals surface area contributed by atoms with E-state index >= 15 is 0 Å². The first-order valence-corrected chi connectivity index (χ1v) is 8.42. The first-order chi connectivity index (χ1) is 10.2. The number of ether oxygens (including phenoxy) is 1. The van der Waals surface area contributed by atoms with Crippen molar-refractivity contribution in [1.29, 1.82) is 0 Å². The molecule has 0 aliphatic heterocycles. The first-order valence-electron chi connectivity index (χ1n) is 6.83. The number of nitrogens with zero attached hydrogens (tertiary/aromatic N) is 3. The third kappa shape index (κ3) is 4.28. The van der Waals surface area contributed by atoms with Gasteiger partial charge in [-0.1, -0.05) is 6.92 Å². The van der Waals surface area contributed by atoms with Gasteiger partial charge >= 0.3 is 0 Å². The van der Waals surface area contributed by atoms with Gasteiger partial charge in [-0.3, -0.25) is 0 Å². The van der Waals surface area contributed by atoms with E-state index in [-0.39, 0.29) is 0 Å². The van der Waals surface area contributed by atoms with Crippen molar-refractivity contribution in [2.75, 3.05) is 6.54 Å². The second-order valence-electron chi connectivity index (χ2n) is 4.45. The Morgan fingerprint density at radius 2 is 1.95 bits per heavy atom. The average Bonchev–Trinajstić information content (AvgIpc) is 2.91. The van der Waals surface area contributed by atoms with E-state index in [1.165, 1.54) is 5.56 Å². The fourth-order valence-electron chi connectivity index (χ4n) is 1.92. The first kappa shape index (κ1) is 16.5. The minimum absolute atomic E-state index is 0.387. The van der Waals surface area contributed by atoms with Crippen LogP contribution >= 0.6 is 31.9 Å². The maximum absolute atomic E-state index is 5.88. The highest BCUT2D eigenvalue weighted by atomic mass is 79.9. The summed E-state index contributed by atoms with van der Waals surface area (Å²) in [7, 11) is 0. The molecule has 21 heavy (non-hydrogen) atoms. The van der Waals surface area contributed by atoms with Crippen molar-refractivity contribution in [3.05, 3.63) is 38.8 Å². The van der Waals surface area contributed by atoms with Gasteiger partial charge in [0.25, 0.3) is 0 Å². The van der Waals surface area contributed by atoms with Crippen LogP contribution in [0.5, 0.6) is 5.75 Å². The van der Waals surface area contributed by atoms with Gasteiger partial charge in [-0.25, -0.2) is 9.67 Å². The molecule has 0 unspecified atom stereocenters. The van der Waals surface area contributed by atoms with Crippen LogP contribution in [0.2, 0.25) is 0 Å². The molecule has 0 aliphatic rings. The monoisotopic (exact) mass is 416 g/mol. The van der Waals surface area contributed by atoms with Gasteiger partial charge in [0.2, 0.25) is 0 Å². The molecule has 0 fully saturated rings. The van der Waals surface area contributed by atoms with E-state index in [0.717, 1.165) is 40.2 Å². The molecule has 0 aliphatic carbocycles. The molecular weight excluding hydrogens is 400 g/mol. The highest BCUT2D eigenvalue weighted by Gasteiger charge is 2.11. The van der Waals surface area contributed by atoms with Crippen LogP contribution in [0.1, 0.15) is 25.2 Å². The van der Waals surface area contributed by atoms with Crippen LogP contribution < -0.4 is 10.1 Å². The van der Waals surface area contributed by atoms with Gasteiger partial charge in [0.05, 0.1) is 8.95 Å². The van der Waals surface area contributed by atoms with Crippen LogP contribution in [0.15, 0.2) is 27.4 Å². The molecule has 2 aromatic rings. The lowest BCUT2D eigenvalue weighted by Gasteiger charge is -2.12. The Kier molecular flexibility index (Phi) is 6.20. The van der Waals surface area contributed by atoms with Crippen molar-refractivity contribution in [2.24, 2.45) is 0 Å². The molecule has 0 saturated carbocycles. The van der Waals surface area contributed by atoms with Gasteiger partial charge in [-0.2, -0.15) is 5.10 Å². The molecule has 2 rings (SSSR count). The van der Waals surface area contributed by atoms with Crippen LogP contribution in [0.25, 0.3) is 0 Å². The number of hydrogen-bond donors (Lipinski definition) is 1. The summed E-state index contributed by atoms with van der Waals surface area (Å²) in [6.07, 6.45) is 1.55. The Labute approximate surface area is 141 Å². The summed E-state index contributed by atoms with van der Waals surface area (Å²) in [5, 5.41) is 7.44. The summed E-state index contributed by atoms with van der Waals surface area (Å²) in [6.45, 7) is 7.06. The normalized spacial score (nSPS) is 10.9. The lowest BCUT2D eigenvalue weighted by atomic mass is 10.2. The highest BCUT2D eigenvalue weighted by molar-refractivity contribution is 9.11. The van der Waals surface area contributed by atoms with Gasteiger partial charge < -0.3 is 10.1 Å². The molecule has 0 amide bonds. The fourth-order valence-corrected chi connectivity index (χ4v) is 3.43. The smallest absolute Gasteiger partial charge is 0.164 e. The van der Waals surface area contributed by atoms with E-state index in [1.54, 1.807) is 6.33 Å². The maximum Gasteiger partial charge on any atom is 0.164 e. The van der Waals surface area contributed by atoms with E-state index < -0.39 is 0 Å². The van der Waals surface area contributed by atoms with E-state index in [9.17, 15) is 0 Å². The zero-order chi connectivity index (χ0) is 15.2. The van der Waals surface area contributed by atoms with Crippen LogP contribution in [-0.2, 0) is 19.7 Å². The molecular formula is C14H18Br2N4O. The Morgan fingerprint density at radius 1 is 1.24 bits per heavy atom. The Bertz CT molecular complexity index is 577. The molecule has 7 heteroatoms. The second kappa shape index (κ2) is 7.91. The van der Waals surface area contributed by atoms with Crippen molar-refractivity contribution >= 4 is 31.9 Å². The topological polar surface area (TPSA) is 52.0 Å². The van der Waals surface area contributed by atoms with Crippen LogP contribution in [0.3, 0.4) is 0 Å². The zero-order valence-corrected chi connectivity index (χ0v) is 15.2. The lowest BCUT2D eigenvalue weighted by Crippen LogP contribution is -2.12. The van der Waals surface area contributed by atoms with E-state index in [4.69, 9.17) is 4.74 Å². The van der Waals surface area contributed by atoms with Gasteiger partial charge in [0.15, 0.2) is 5.82 Å². The summed E-state index contributed by atoms with van der Waals surface area (Å²) in [5.74, 6) is 1.59. The summed E-state index contributed by atoms with van der Waals surface area (Å²) in [4.78, 5) is 4.21. The van der Waals surface area contributed by atoms with Gasteiger partial charge in [-0.05, 0) is 63.0 Å². The SMILES string of the molecule is CCNCc1cc(Br)c(OCc2ncnn2CC)c(Br)c1. The fraction of sp³-hybridized carbons (Fsp3) is 0.429. The average molecular weight is 418 g/mol. The van der Waals surface area contributed by atoms with Crippen LogP contribution in [-0.4, -0.2) is 21.3 Å². The van der Waals surface area contributed by atoms with Crippen LogP contribution in [0, 0.1) is 0 Å². The Hall–Kier alpha value is -0.920. The maximum atomic E-state index is 5.88. The number of aryl methyl sites for hydroxylation is 1. The summed E-state index contributed by atoms with van der Waals surface area (Å²) < 4.78 is 9.54. The largest absolute Gasteiger partial charge is 0.483 e. The van der Waals surface area contributed by atoms with Crippen molar-refractivity contribution in [2.45, 2.75) is 33.5 Å². The Balaban J connectivity index is 2.09. The zero-order valence-electron chi connectivity index (χ0n) is 12.1. The highest BCUT2D eigenvalue weighted by Crippen LogP contribution is 2.35. The van der Waals surface area contributed by atoms with Crippen LogP contribution in [0.4, 0.5) is 0 Å². The third-order valence-corrected chi connectivity index (χ3v) is 4.16. The Morgan fingerprint density at radius 3 is 2.57 bits per heavy atom. The third-order valence-electron chi connectivity index (χ3n) is 2.98. The number of halogens is 2. The molecule has 0 saturated heterocycles. The summed E-state index contributed by atoms with van der Waals surface area (Å²) >= 11 is 7.13. The van der Waals surface area contributed by atoms with Crippen molar-refractivity contribution in [3.63, 3.8) is 0 Å². The second-order valence-corrected chi connectivity index (χ2v) is 6.16. The molecule has 114 valence electrons. The molecule has 0 radical (unpaired) electrons. The van der Waals surface area contributed by atoms with Gasteiger partial charge in [0, 0.05) is 13.1 Å².